The Labute approximate surface area is 117 Å². The molecule has 0 fully saturated rings. The second-order valence-electron chi connectivity index (χ2n) is 3.62. The minimum Gasteiger partial charge on any atom is -0.493 e. The largest absolute Gasteiger partial charge is 0.493 e. The van der Waals surface area contributed by atoms with E-state index in [4.69, 9.17) is 15.2 Å². The van der Waals surface area contributed by atoms with E-state index in [2.05, 4.69) is 4.74 Å². The van der Waals surface area contributed by atoms with Gasteiger partial charge in [0.1, 0.15) is 5.82 Å². The van der Waals surface area contributed by atoms with Gasteiger partial charge in [-0.25, -0.2) is 4.39 Å². The van der Waals surface area contributed by atoms with Crippen LogP contribution in [0.15, 0.2) is 12.1 Å². The SMILES string of the molecule is COC(=O)C[C@H](N)c1cc(OC)c(OC)cc1F.Cl. The molecule has 0 amide bonds. The fourth-order valence-corrected chi connectivity index (χ4v) is 1.53. The highest BCUT2D eigenvalue weighted by molar-refractivity contribution is 5.85. The number of esters is 1. The number of carbonyl (C=O) groups is 1. The molecule has 0 radical (unpaired) electrons. The number of nitrogens with two attached hydrogens (primary N) is 1. The second-order valence-corrected chi connectivity index (χ2v) is 3.62. The van der Waals surface area contributed by atoms with Gasteiger partial charge in [-0.3, -0.25) is 4.79 Å². The molecule has 1 aromatic carbocycles. The molecule has 1 aromatic rings. The summed E-state index contributed by atoms with van der Waals surface area (Å²) in [6, 6.07) is 1.80. The van der Waals surface area contributed by atoms with Crippen molar-refractivity contribution >= 4 is 18.4 Å². The normalized spacial score (nSPS) is 11.2. The molecular formula is C12H17ClFNO4. The van der Waals surface area contributed by atoms with Crippen LogP contribution in [0.25, 0.3) is 0 Å². The highest BCUT2D eigenvalue weighted by atomic mass is 35.5. The lowest BCUT2D eigenvalue weighted by Crippen LogP contribution is -2.17. The van der Waals surface area contributed by atoms with E-state index in [1.54, 1.807) is 0 Å². The van der Waals surface area contributed by atoms with Gasteiger partial charge in [0, 0.05) is 17.7 Å². The molecule has 0 spiro atoms. The Morgan fingerprint density at radius 3 is 2.26 bits per heavy atom. The number of carbonyl (C=O) groups excluding carboxylic acids is 1. The van der Waals surface area contributed by atoms with Gasteiger partial charge in [0.2, 0.25) is 0 Å². The first-order valence-corrected chi connectivity index (χ1v) is 5.27. The van der Waals surface area contributed by atoms with Crippen LogP contribution in [-0.4, -0.2) is 27.3 Å². The number of hydrogen-bond donors (Lipinski definition) is 1. The van der Waals surface area contributed by atoms with E-state index in [-0.39, 0.29) is 30.1 Å². The second kappa shape index (κ2) is 7.81. The Bertz CT molecular complexity index is 442. The molecule has 1 atom stereocenters. The van der Waals surface area contributed by atoms with Crippen molar-refractivity contribution in [3.05, 3.63) is 23.5 Å². The molecule has 1 rings (SSSR count). The number of rotatable bonds is 5. The van der Waals surface area contributed by atoms with Crippen molar-refractivity contribution in [2.75, 3.05) is 21.3 Å². The Hall–Kier alpha value is -1.53. The maximum atomic E-state index is 13.8. The Kier molecular flexibility index (Phi) is 7.18. The Morgan fingerprint density at radius 1 is 1.26 bits per heavy atom. The van der Waals surface area contributed by atoms with Crippen LogP contribution in [0.1, 0.15) is 18.0 Å². The maximum absolute atomic E-state index is 13.8. The van der Waals surface area contributed by atoms with Crippen molar-refractivity contribution in [3.63, 3.8) is 0 Å². The number of halogens is 2. The topological polar surface area (TPSA) is 70.8 Å². The third-order valence-corrected chi connectivity index (χ3v) is 2.52. The molecule has 0 unspecified atom stereocenters. The van der Waals surface area contributed by atoms with Gasteiger partial charge in [-0.15, -0.1) is 12.4 Å². The summed E-state index contributed by atoms with van der Waals surface area (Å²) in [4.78, 5) is 11.1. The molecule has 19 heavy (non-hydrogen) atoms. The van der Waals surface area contributed by atoms with Crippen LogP contribution in [0.4, 0.5) is 4.39 Å². The predicted octanol–water partition coefficient (Wildman–Crippen LogP) is 1.83. The van der Waals surface area contributed by atoms with Crippen LogP contribution in [0.2, 0.25) is 0 Å². The van der Waals surface area contributed by atoms with Gasteiger partial charge in [-0.05, 0) is 6.07 Å². The lowest BCUT2D eigenvalue weighted by molar-refractivity contribution is -0.141. The summed E-state index contributed by atoms with van der Waals surface area (Å²) in [5.41, 5.74) is 5.93. The smallest absolute Gasteiger partial charge is 0.307 e. The minimum absolute atomic E-state index is 0. The van der Waals surface area contributed by atoms with Crippen molar-refractivity contribution in [1.29, 1.82) is 0 Å². The molecule has 0 aromatic heterocycles. The van der Waals surface area contributed by atoms with Gasteiger partial charge in [-0.1, -0.05) is 0 Å². The third-order valence-electron chi connectivity index (χ3n) is 2.52. The monoisotopic (exact) mass is 293 g/mol. The molecule has 7 heteroatoms. The molecule has 5 nitrogen and oxygen atoms in total. The van der Waals surface area contributed by atoms with Crippen molar-refractivity contribution in [2.24, 2.45) is 5.73 Å². The lowest BCUT2D eigenvalue weighted by Gasteiger charge is -2.15. The summed E-state index contributed by atoms with van der Waals surface area (Å²) in [7, 11) is 4.09. The molecule has 0 aliphatic rings. The molecular weight excluding hydrogens is 277 g/mol. The molecule has 2 N–H and O–H groups in total. The molecule has 0 saturated carbocycles. The zero-order valence-corrected chi connectivity index (χ0v) is 11.8. The summed E-state index contributed by atoms with van der Waals surface area (Å²) in [6.07, 6.45) is -0.108. The summed E-state index contributed by atoms with van der Waals surface area (Å²) < 4.78 is 28.3. The summed E-state index contributed by atoms with van der Waals surface area (Å²) in [5, 5.41) is 0. The number of ether oxygens (including phenoxy) is 3. The maximum Gasteiger partial charge on any atom is 0.307 e. The molecule has 0 aliphatic carbocycles. The van der Waals surface area contributed by atoms with E-state index < -0.39 is 17.8 Å². The van der Waals surface area contributed by atoms with Gasteiger partial charge in [0.15, 0.2) is 11.5 Å². The standard InChI is InChI=1S/C12H16FNO4.ClH/c1-16-10-4-7(8(13)5-11(10)17-2)9(14)6-12(15)18-3;/h4-5,9H,6,14H2,1-3H3;1H/t9-;/m0./s1. The van der Waals surface area contributed by atoms with E-state index in [1.165, 1.54) is 33.5 Å². The van der Waals surface area contributed by atoms with E-state index in [1.807, 2.05) is 0 Å². The average molecular weight is 294 g/mol. The highest BCUT2D eigenvalue weighted by Crippen LogP contribution is 2.32. The third kappa shape index (κ3) is 4.25. The Morgan fingerprint density at radius 2 is 1.79 bits per heavy atom. The fourth-order valence-electron chi connectivity index (χ4n) is 1.53. The molecule has 0 saturated heterocycles. The van der Waals surface area contributed by atoms with Crippen LogP contribution in [0.3, 0.4) is 0 Å². The van der Waals surface area contributed by atoms with Gasteiger partial charge >= 0.3 is 5.97 Å². The summed E-state index contributed by atoms with van der Waals surface area (Å²) >= 11 is 0. The van der Waals surface area contributed by atoms with Gasteiger partial charge in [0.25, 0.3) is 0 Å². The quantitative estimate of drug-likeness (QED) is 0.839. The van der Waals surface area contributed by atoms with Crippen LogP contribution >= 0.6 is 12.4 Å². The van der Waals surface area contributed by atoms with Crippen LogP contribution in [-0.2, 0) is 9.53 Å². The number of methoxy groups -OCH3 is 3. The van der Waals surface area contributed by atoms with Gasteiger partial charge in [0.05, 0.1) is 27.8 Å². The first-order valence-electron chi connectivity index (χ1n) is 5.27. The summed E-state index contributed by atoms with van der Waals surface area (Å²) in [6.45, 7) is 0. The lowest BCUT2D eigenvalue weighted by atomic mass is 10.0. The van der Waals surface area contributed by atoms with E-state index in [0.29, 0.717) is 5.75 Å². The number of benzene rings is 1. The van der Waals surface area contributed by atoms with Crippen LogP contribution < -0.4 is 15.2 Å². The van der Waals surface area contributed by atoms with Crippen molar-refractivity contribution < 1.29 is 23.4 Å². The van der Waals surface area contributed by atoms with E-state index in [0.717, 1.165) is 0 Å². The van der Waals surface area contributed by atoms with E-state index >= 15 is 0 Å². The first kappa shape index (κ1) is 17.5. The van der Waals surface area contributed by atoms with Crippen LogP contribution in [0.5, 0.6) is 11.5 Å². The zero-order valence-electron chi connectivity index (χ0n) is 10.9. The first-order chi connectivity index (χ1) is 8.53. The highest BCUT2D eigenvalue weighted by Gasteiger charge is 2.19. The van der Waals surface area contributed by atoms with Crippen molar-refractivity contribution in [1.82, 2.24) is 0 Å². The molecule has 108 valence electrons. The average Bonchev–Trinajstić information content (AvgIpc) is 2.37. The molecule has 0 aliphatic heterocycles. The van der Waals surface area contributed by atoms with Crippen molar-refractivity contribution in [3.8, 4) is 11.5 Å². The minimum atomic E-state index is -0.794. The molecule has 0 bridgehead atoms. The molecule has 0 heterocycles. The van der Waals surface area contributed by atoms with Crippen LogP contribution in [0, 0.1) is 5.82 Å². The number of hydrogen-bond acceptors (Lipinski definition) is 5. The van der Waals surface area contributed by atoms with E-state index in [9.17, 15) is 9.18 Å². The zero-order chi connectivity index (χ0) is 13.7. The van der Waals surface area contributed by atoms with Gasteiger partial charge < -0.3 is 19.9 Å². The Balaban J connectivity index is 0.00000324. The summed E-state index contributed by atoms with van der Waals surface area (Å²) in [5.74, 6) is -0.432. The predicted molar refractivity (Wildman–Crippen MR) is 70.3 cm³/mol. The fraction of sp³-hybridized carbons (Fsp3) is 0.417. The van der Waals surface area contributed by atoms with Gasteiger partial charge in [-0.2, -0.15) is 0 Å². The van der Waals surface area contributed by atoms with Crippen molar-refractivity contribution in [2.45, 2.75) is 12.5 Å².